The van der Waals surface area contributed by atoms with Crippen molar-refractivity contribution in [3.05, 3.63) is 83.5 Å². The van der Waals surface area contributed by atoms with E-state index in [2.05, 4.69) is 113 Å². The molecule has 152 valence electrons. The molecule has 3 aromatic rings. The van der Waals surface area contributed by atoms with Gasteiger partial charge in [-0.2, -0.15) is 8.75 Å². The summed E-state index contributed by atoms with van der Waals surface area (Å²) in [7, 11) is 4.13. The first-order chi connectivity index (χ1) is 14.6. The van der Waals surface area contributed by atoms with E-state index >= 15 is 0 Å². The molecule has 4 rings (SSSR count). The van der Waals surface area contributed by atoms with Crippen molar-refractivity contribution in [3.63, 3.8) is 0 Å². The molecule has 0 atom stereocenters. The Hall–Kier alpha value is -3.05. The van der Waals surface area contributed by atoms with Crippen molar-refractivity contribution in [1.82, 2.24) is 8.75 Å². The van der Waals surface area contributed by atoms with E-state index in [0.29, 0.717) is 0 Å². The predicted molar refractivity (Wildman–Crippen MR) is 129 cm³/mol. The summed E-state index contributed by atoms with van der Waals surface area (Å²) >= 11 is 1.26. The van der Waals surface area contributed by atoms with Gasteiger partial charge < -0.3 is 4.90 Å². The van der Waals surface area contributed by atoms with E-state index < -0.39 is 0 Å². The van der Waals surface area contributed by atoms with Gasteiger partial charge in [-0.05, 0) is 72.5 Å². The quantitative estimate of drug-likeness (QED) is 0.538. The first kappa shape index (κ1) is 20.2. The molecule has 1 heterocycles. The molecule has 0 N–H and O–H groups in total. The Bertz CT molecular complexity index is 1150. The molecule has 0 bridgehead atoms. The van der Waals surface area contributed by atoms with Gasteiger partial charge in [0.05, 0.1) is 11.7 Å². The number of nitrogens with zero attached hydrogens (tertiary/aromatic N) is 4. The highest BCUT2D eigenvalue weighted by molar-refractivity contribution is 7.00. The van der Waals surface area contributed by atoms with Crippen LogP contribution in [0.25, 0.3) is 16.6 Å². The molecule has 1 aliphatic carbocycles. The average Bonchev–Trinajstić information content (AvgIpc) is 3.24. The molecule has 0 unspecified atom stereocenters. The SMILES string of the molecule is CCN(CC)c1ccc(C(=C2C=CC(=[N+](C)C)C=C2)c2ccc3nsnc3c2)cc1. The number of benzene rings is 2. The second kappa shape index (κ2) is 8.76. The van der Waals surface area contributed by atoms with Gasteiger partial charge in [-0.15, -0.1) is 0 Å². The second-order valence-electron chi connectivity index (χ2n) is 7.50. The molecule has 30 heavy (non-hydrogen) atoms. The summed E-state index contributed by atoms with van der Waals surface area (Å²) in [6.45, 7) is 6.40. The van der Waals surface area contributed by atoms with Crippen LogP contribution in [0.4, 0.5) is 5.69 Å². The number of hydrogen-bond donors (Lipinski definition) is 0. The number of allylic oxidation sites excluding steroid dienone is 5. The lowest BCUT2D eigenvalue weighted by Gasteiger charge is -2.22. The Morgan fingerprint density at radius 2 is 1.47 bits per heavy atom. The first-order valence-electron chi connectivity index (χ1n) is 10.3. The normalized spacial score (nSPS) is 13.2. The van der Waals surface area contributed by atoms with Gasteiger partial charge in [0.2, 0.25) is 0 Å². The molecular formula is C25H27N4S+. The zero-order chi connectivity index (χ0) is 21.1. The lowest BCUT2D eigenvalue weighted by atomic mass is 9.90. The smallest absolute Gasteiger partial charge is 0.199 e. The standard InChI is InChI=1S/C25H27N4S/c1-5-29(6-2)22-14-9-19(10-15-22)25(18-7-12-21(13-8-18)28(3)4)20-11-16-23-24(17-20)27-30-26-23/h7-17H,5-6H2,1-4H3/q+1. The summed E-state index contributed by atoms with van der Waals surface area (Å²) < 4.78 is 10.9. The lowest BCUT2D eigenvalue weighted by molar-refractivity contribution is -0.462. The van der Waals surface area contributed by atoms with Gasteiger partial charge in [0.1, 0.15) is 25.1 Å². The minimum absolute atomic E-state index is 0.944. The highest BCUT2D eigenvalue weighted by Gasteiger charge is 2.15. The maximum absolute atomic E-state index is 4.45. The summed E-state index contributed by atoms with van der Waals surface area (Å²) in [5.74, 6) is 0. The van der Waals surface area contributed by atoms with E-state index in [9.17, 15) is 0 Å². The third-order valence-electron chi connectivity index (χ3n) is 5.50. The monoisotopic (exact) mass is 415 g/mol. The summed E-state index contributed by atoms with van der Waals surface area (Å²) in [5, 5.41) is 0. The molecule has 5 heteroatoms. The number of aromatic nitrogens is 2. The number of rotatable bonds is 5. The fraction of sp³-hybridized carbons (Fsp3) is 0.240. The zero-order valence-electron chi connectivity index (χ0n) is 18.0. The van der Waals surface area contributed by atoms with Crippen molar-refractivity contribution in [2.45, 2.75) is 13.8 Å². The Morgan fingerprint density at radius 3 is 2.10 bits per heavy atom. The highest BCUT2D eigenvalue weighted by Crippen LogP contribution is 2.32. The minimum atomic E-state index is 0.944. The molecular weight excluding hydrogens is 388 g/mol. The van der Waals surface area contributed by atoms with E-state index in [1.807, 2.05) is 0 Å². The highest BCUT2D eigenvalue weighted by atomic mass is 32.1. The maximum Gasteiger partial charge on any atom is 0.199 e. The zero-order valence-corrected chi connectivity index (χ0v) is 18.8. The molecule has 1 aromatic heterocycles. The van der Waals surface area contributed by atoms with Crippen LogP contribution < -0.4 is 4.90 Å². The van der Waals surface area contributed by atoms with Gasteiger partial charge >= 0.3 is 0 Å². The fourth-order valence-electron chi connectivity index (χ4n) is 3.79. The van der Waals surface area contributed by atoms with Crippen molar-refractivity contribution in [3.8, 4) is 0 Å². The van der Waals surface area contributed by atoms with Crippen LogP contribution in [0.15, 0.2) is 72.3 Å². The number of hydrogen-bond acceptors (Lipinski definition) is 4. The maximum atomic E-state index is 4.45. The van der Waals surface area contributed by atoms with Crippen molar-refractivity contribution in [2.24, 2.45) is 0 Å². The van der Waals surface area contributed by atoms with Crippen LogP contribution in [0.3, 0.4) is 0 Å². The third-order valence-corrected chi connectivity index (χ3v) is 6.06. The van der Waals surface area contributed by atoms with Crippen LogP contribution in [0.1, 0.15) is 25.0 Å². The summed E-state index contributed by atoms with van der Waals surface area (Å²) in [6, 6.07) is 15.3. The van der Waals surface area contributed by atoms with Crippen LogP contribution in [-0.2, 0) is 0 Å². The Labute approximate surface area is 182 Å². The van der Waals surface area contributed by atoms with Crippen LogP contribution >= 0.6 is 11.7 Å². The van der Waals surface area contributed by atoms with Gasteiger partial charge in [0, 0.05) is 30.9 Å². The molecule has 4 nitrogen and oxygen atoms in total. The van der Waals surface area contributed by atoms with E-state index in [0.717, 1.165) is 29.7 Å². The van der Waals surface area contributed by atoms with Crippen molar-refractivity contribution in [1.29, 1.82) is 0 Å². The number of anilines is 1. The van der Waals surface area contributed by atoms with Crippen LogP contribution in [-0.4, -0.2) is 46.2 Å². The lowest BCUT2D eigenvalue weighted by Crippen LogP contribution is -2.21. The van der Waals surface area contributed by atoms with Gasteiger partial charge in [0.25, 0.3) is 0 Å². The summed E-state index contributed by atoms with van der Waals surface area (Å²) in [6.07, 6.45) is 8.74. The Balaban J connectivity index is 1.84. The van der Waals surface area contributed by atoms with E-state index in [1.165, 1.54) is 39.8 Å². The third kappa shape index (κ3) is 3.98. The van der Waals surface area contributed by atoms with Gasteiger partial charge in [0.15, 0.2) is 5.71 Å². The topological polar surface area (TPSA) is 32.0 Å². The van der Waals surface area contributed by atoms with Crippen LogP contribution in [0.5, 0.6) is 0 Å². The number of fused-ring (bicyclic) bond motifs is 1. The molecule has 0 amide bonds. The Kier molecular flexibility index (Phi) is 5.91. The van der Waals surface area contributed by atoms with E-state index in [4.69, 9.17) is 0 Å². The summed E-state index contributed by atoms with van der Waals surface area (Å²) in [4.78, 5) is 2.36. The van der Waals surface area contributed by atoms with Gasteiger partial charge in [-0.3, -0.25) is 0 Å². The van der Waals surface area contributed by atoms with Crippen molar-refractivity contribution < 1.29 is 4.58 Å². The largest absolute Gasteiger partial charge is 0.372 e. The molecule has 0 fully saturated rings. The molecule has 0 radical (unpaired) electrons. The molecule has 2 aromatic carbocycles. The molecule has 0 saturated heterocycles. The Morgan fingerprint density at radius 1 is 0.833 bits per heavy atom. The molecule has 0 saturated carbocycles. The molecule has 1 aliphatic rings. The van der Waals surface area contributed by atoms with E-state index in [-0.39, 0.29) is 0 Å². The average molecular weight is 416 g/mol. The van der Waals surface area contributed by atoms with Crippen LogP contribution in [0.2, 0.25) is 0 Å². The fourth-order valence-corrected chi connectivity index (χ4v) is 4.31. The minimum Gasteiger partial charge on any atom is -0.372 e. The van der Waals surface area contributed by atoms with Gasteiger partial charge in [-0.1, -0.05) is 18.2 Å². The molecule has 0 aliphatic heterocycles. The second-order valence-corrected chi connectivity index (χ2v) is 8.03. The van der Waals surface area contributed by atoms with Crippen molar-refractivity contribution >= 4 is 39.7 Å². The van der Waals surface area contributed by atoms with Gasteiger partial charge in [-0.25, -0.2) is 4.58 Å². The van der Waals surface area contributed by atoms with Crippen LogP contribution in [0, 0.1) is 0 Å². The molecule has 0 spiro atoms. The van der Waals surface area contributed by atoms with E-state index in [1.54, 1.807) is 0 Å². The summed E-state index contributed by atoms with van der Waals surface area (Å²) in [5.41, 5.74) is 9.09. The predicted octanol–water partition coefficient (Wildman–Crippen LogP) is 5.18. The van der Waals surface area contributed by atoms with Crippen molar-refractivity contribution in [2.75, 3.05) is 32.1 Å². The first-order valence-corrected chi connectivity index (χ1v) is 11.1.